The van der Waals surface area contributed by atoms with Gasteiger partial charge in [-0.2, -0.15) is 26.3 Å². The van der Waals surface area contributed by atoms with Crippen LogP contribution in [0.15, 0.2) is 99.7 Å². The molecule has 4 aromatic heterocycles. The zero-order valence-corrected chi connectivity index (χ0v) is 35.9. The molecule has 0 aliphatic carbocycles. The molecule has 1 N–H and O–H groups in total. The summed E-state index contributed by atoms with van der Waals surface area (Å²) in [5.74, 6) is -1.07. The van der Waals surface area contributed by atoms with E-state index in [9.17, 15) is 43.2 Å². The maximum atomic E-state index is 12.7. The van der Waals surface area contributed by atoms with Gasteiger partial charge in [-0.3, -0.25) is 0 Å². The zero-order chi connectivity index (χ0) is 45.6. The van der Waals surface area contributed by atoms with Gasteiger partial charge < -0.3 is 28.4 Å². The minimum atomic E-state index is -4.46. The number of rotatable bonds is 12. The predicted octanol–water partition coefficient (Wildman–Crippen LogP) is 8.72. The average molecular weight is 951 g/mol. The maximum absolute atomic E-state index is 12.7. The Balaban J connectivity index is 0.000000235. The Hall–Kier alpha value is -5.60. The minimum absolute atomic E-state index is 0.0184. The molecule has 0 saturated heterocycles. The Kier molecular flexibility index (Phi) is 14.7. The third-order valence-electron chi connectivity index (χ3n) is 7.97. The van der Waals surface area contributed by atoms with Crippen molar-refractivity contribution in [2.75, 3.05) is 32.3 Å². The normalized spacial score (nSPS) is 13.0. The van der Waals surface area contributed by atoms with Crippen LogP contribution in [0.3, 0.4) is 0 Å². The topological polar surface area (TPSA) is 219 Å². The third-order valence-corrected chi connectivity index (χ3v) is 12.9. The summed E-state index contributed by atoms with van der Waals surface area (Å²) in [6, 6.07) is 10.00. The highest BCUT2D eigenvalue weighted by Gasteiger charge is 2.31. The molecule has 0 aliphatic heterocycles. The molecule has 6 aromatic rings. The first-order chi connectivity index (χ1) is 29.1. The van der Waals surface area contributed by atoms with Gasteiger partial charge in [0.1, 0.15) is 29.0 Å². The Morgan fingerprint density at radius 1 is 0.694 bits per heavy atom. The fraction of sp³-hybridized carbons (Fsp3) is 0.278. The molecule has 26 heteroatoms. The summed E-state index contributed by atoms with van der Waals surface area (Å²) in [4.78, 5) is 20.9. The lowest BCUT2D eigenvalue weighted by atomic mass is 10.2. The van der Waals surface area contributed by atoms with Gasteiger partial charge in [-0.15, -0.1) is 0 Å². The number of nitrogens with zero attached hydrogens (tertiary/aromatic N) is 6. The van der Waals surface area contributed by atoms with E-state index in [1.54, 1.807) is 6.92 Å². The first kappa shape index (κ1) is 47.4. The number of pyridine rings is 2. The second kappa shape index (κ2) is 19.2. The van der Waals surface area contributed by atoms with E-state index in [4.69, 9.17) is 28.4 Å². The monoisotopic (exact) mass is 950 g/mol. The van der Waals surface area contributed by atoms with E-state index < -0.39 is 30.7 Å². The second-order valence-electron chi connectivity index (χ2n) is 12.0. The van der Waals surface area contributed by atoms with E-state index >= 15 is 0 Å². The molecule has 0 aliphatic rings. The van der Waals surface area contributed by atoms with Crippen LogP contribution < -0.4 is 0 Å². The molecule has 62 heavy (non-hydrogen) atoms. The average Bonchev–Trinajstić information content (AvgIpc) is 3.84. The van der Waals surface area contributed by atoms with Crippen molar-refractivity contribution in [3.05, 3.63) is 72.1 Å². The molecular formula is C36H32F6N6O10S4. The lowest BCUT2D eigenvalue weighted by Crippen LogP contribution is -2.11. The summed E-state index contributed by atoms with van der Waals surface area (Å²) < 4.78 is 148. The number of alkyl halides is 6. The van der Waals surface area contributed by atoms with Crippen LogP contribution in [0, 0.1) is 0 Å². The van der Waals surface area contributed by atoms with Gasteiger partial charge >= 0.3 is 11.0 Å². The molecule has 0 unspecified atom stereocenters. The van der Waals surface area contributed by atoms with E-state index in [0.717, 1.165) is 0 Å². The highest BCUT2D eigenvalue weighted by Crippen LogP contribution is 2.40. The van der Waals surface area contributed by atoms with Crippen LogP contribution in [0.1, 0.15) is 31.9 Å². The largest absolute Gasteiger partial charge is 0.478 e. The lowest BCUT2D eigenvalue weighted by molar-refractivity contribution is -0.0337. The van der Waals surface area contributed by atoms with Crippen LogP contribution in [-0.4, -0.2) is 97.1 Å². The van der Waals surface area contributed by atoms with Crippen molar-refractivity contribution in [3.63, 3.8) is 0 Å². The molecule has 0 saturated carbocycles. The number of halogens is 6. The van der Waals surface area contributed by atoms with Crippen LogP contribution in [-0.2, 0) is 34.0 Å². The molecule has 6 rings (SSSR count). The summed E-state index contributed by atoms with van der Waals surface area (Å²) in [6.45, 7) is 4.88. The summed E-state index contributed by atoms with van der Waals surface area (Å²) in [7, 11) is -5.05. The number of ether oxygens (including phenoxy) is 2. The Morgan fingerprint density at radius 3 is 1.47 bits per heavy atom. The number of hydrogen-bond acceptors (Lipinski definition) is 18. The zero-order valence-electron chi connectivity index (χ0n) is 32.6. The molecule has 0 radical (unpaired) electrons. The first-order valence-electron chi connectivity index (χ1n) is 17.4. The predicted molar refractivity (Wildman–Crippen MR) is 214 cm³/mol. The maximum Gasteiger partial charge on any atom is 0.446 e. The van der Waals surface area contributed by atoms with Crippen LogP contribution in [0.4, 0.5) is 26.3 Å². The van der Waals surface area contributed by atoms with Crippen LogP contribution in [0.25, 0.3) is 45.4 Å². The van der Waals surface area contributed by atoms with Crippen molar-refractivity contribution in [3.8, 4) is 23.2 Å². The minimum Gasteiger partial charge on any atom is -0.478 e. The van der Waals surface area contributed by atoms with Gasteiger partial charge in [-0.05, 0) is 89.3 Å². The Bertz CT molecular complexity index is 2870. The summed E-state index contributed by atoms with van der Waals surface area (Å²) in [5, 5.41) is 15.7. The molecule has 0 spiro atoms. The van der Waals surface area contributed by atoms with Crippen molar-refractivity contribution in [2.45, 2.75) is 51.4 Å². The summed E-state index contributed by atoms with van der Waals surface area (Å²) in [6.07, 6.45) is 2.51. The standard InChI is InChI=1S/C19H18F3N3O5S2.C17H14F3N3O5S2/c1-4-29-25-17(28-3)11-8-15(32(26,27)5-2)16(23-10-11)18-24-13-9-12(31-19(20,21)22)6-7-14(13)30-18;1-3-30(25,26)13-6-9(15(23-24)27-2)8-21-14(13)16-22-11-7-10(29-17(18,19)20)4-5-12(11)28-16/h6-10H,4-5H2,1-3H3;4-8,24H,3H2,1-2H3/b25-17-;23-15-. The number of thioether (sulfide) groups is 2. The number of benzene rings is 2. The molecule has 0 atom stereocenters. The quantitative estimate of drug-likeness (QED) is 0.0303. The molecule has 0 fully saturated rings. The second-order valence-corrected chi connectivity index (χ2v) is 18.7. The van der Waals surface area contributed by atoms with Crippen molar-refractivity contribution in [1.29, 1.82) is 0 Å². The number of hydrogen-bond donors (Lipinski definition) is 1. The fourth-order valence-corrected chi connectivity index (χ4v) is 8.44. The summed E-state index contributed by atoms with van der Waals surface area (Å²) >= 11 is -0.588. The fourth-order valence-electron chi connectivity index (χ4n) is 5.19. The Morgan fingerprint density at radius 2 is 1.11 bits per heavy atom. The number of fused-ring (bicyclic) bond motifs is 2. The van der Waals surface area contributed by atoms with Gasteiger partial charge in [0.15, 0.2) is 30.8 Å². The molecule has 0 bridgehead atoms. The third kappa shape index (κ3) is 11.4. The number of methoxy groups -OCH3 is 2. The van der Waals surface area contributed by atoms with Gasteiger partial charge in [0.05, 0.1) is 46.6 Å². The van der Waals surface area contributed by atoms with Gasteiger partial charge in [-0.1, -0.05) is 13.8 Å². The molecular weight excluding hydrogens is 919 g/mol. The van der Waals surface area contributed by atoms with E-state index in [1.165, 1.54) is 89.0 Å². The van der Waals surface area contributed by atoms with Gasteiger partial charge in [0.25, 0.3) is 11.8 Å². The van der Waals surface area contributed by atoms with Crippen LogP contribution >= 0.6 is 23.5 Å². The number of aromatic nitrogens is 4. The smallest absolute Gasteiger partial charge is 0.446 e. The molecule has 16 nitrogen and oxygen atoms in total. The van der Waals surface area contributed by atoms with Crippen molar-refractivity contribution in [1.82, 2.24) is 19.9 Å². The van der Waals surface area contributed by atoms with Crippen molar-refractivity contribution in [2.24, 2.45) is 10.3 Å². The van der Waals surface area contributed by atoms with E-state index in [1.807, 2.05) is 0 Å². The van der Waals surface area contributed by atoms with Gasteiger partial charge in [0.2, 0.25) is 11.8 Å². The molecule has 332 valence electrons. The number of oxime groups is 2. The van der Waals surface area contributed by atoms with Gasteiger partial charge in [0, 0.05) is 22.2 Å². The number of oxazole rings is 2. The first-order valence-corrected chi connectivity index (χ1v) is 22.4. The van der Waals surface area contributed by atoms with Crippen LogP contribution in [0.2, 0.25) is 0 Å². The molecule has 0 amide bonds. The number of sulfone groups is 2. The van der Waals surface area contributed by atoms with Gasteiger partial charge in [-0.25, -0.2) is 36.8 Å². The van der Waals surface area contributed by atoms with Crippen LogP contribution in [0.5, 0.6) is 0 Å². The van der Waals surface area contributed by atoms with E-state index in [-0.39, 0.29) is 130 Å². The lowest BCUT2D eigenvalue weighted by Gasteiger charge is -2.09. The van der Waals surface area contributed by atoms with E-state index in [0.29, 0.717) is 0 Å². The van der Waals surface area contributed by atoms with Crippen molar-refractivity contribution < 1.29 is 71.5 Å². The summed E-state index contributed by atoms with van der Waals surface area (Å²) in [5.41, 5.74) is -8.19. The van der Waals surface area contributed by atoms with E-state index in [2.05, 4.69) is 30.2 Å². The molecule has 2 aromatic carbocycles. The SMILES string of the molecule is CCO/N=C(\OC)c1cnc(-c2nc3cc(SC(F)(F)F)ccc3o2)c(S(=O)(=O)CC)c1.CCS(=O)(=O)c1cc(/C(=N/O)OC)cnc1-c1nc2cc(SC(F)(F)F)ccc2o1. The highest BCUT2D eigenvalue weighted by molar-refractivity contribution is 8.00. The van der Waals surface area contributed by atoms with Crippen molar-refractivity contribution >= 4 is 77.2 Å². The highest BCUT2D eigenvalue weighted by atomic mass is 32.2. The Labute approximate surface area is 356 Å². The molecule has 4 heterocycles.